The van der Waals surface area contributed by atoms with Crippen LogP contribution in [0.2, 0.25) is 0 Å². The fraction of sp³-hybridized carbons (Fsp3) is 0.500. The fourth-order valence-electron chi connectivity index (χ4n) is 2.19. The molecule has 0 bridgehead atoms. The Labute approximate surface area is 129 Å². The number of Topliss-reactive ketones (excluding diaryl/α,β-unsaturated/α-hetero) is 1. The number of esters is 1. The van der Waals surface area contributed by atoms with Gasteiger partial charge in [-0.1, -0.05) is 0 Å². The Morgan fingerprint density at radius 3 is 2.59 bits per heavy atom. The van der Waals surface area contributed by atoms with Gasteiger partial charge in [-0.25, -0.2) is 4.79 Å². The summed E-state index contributed by atoms with van der Waals surface area (Å²) in [6, 6.07) is 4.67. The summed E-state index contributed by atoms with van der Waals surface area (Å²) in [4.78, 5) is 23.4. The van der Waals surface area contributed by atoms with Gasteiger partial charge in [0.1, 0.15) is 6.10 Å². The first kappa shape index (κ1) is 16.3. The second-order valence-electron chi connectivity index (χ2n) is 4.84. The zero-order chi connectivity index (χ0) is 15.9. The second kappa shape index (κ2) is 7.79. The van der Waals surface area contributed by atoms with Gasteiger partial charge in [-0.2, -0.15) is 0 Å². The van der Waals surface area contributed by atoms with Crippen molar-refractivity contribution in [2.75, 3.05) is 26.9 Å². The molecule has 0 spiro atoms. The van der Waals surface area contributed by atoms with Crippen LogP contribution in [-0.4, -0.2) is 44.8 Å². The van der Waals surface area contributed by atoms with Crippen molar-refractivity contribution >= 4 is 11.8 Å². The second-order valence-corrected chi connectivity index (χ2v) is 4.84. The van der Waals surface area contributed by atoms with Gasteiger partial charge in [0.2, 0.25) is 0 Å². The summed E-state index contributed by atoms with van der Waals surface area (Å²) >= 11 is 0. The van der Waals surface area contributed by atoms with E-state index in [9.17, 15) is 9.59 Å². The van der Waals surface area contributed by atoms with Gasteiger partial charge in [0.15, 0.2) is 11.5 Å². The summed E-state index contributed by atoms with van der Waals surface area (Å²) in [5.74, 6) is -0.600. The van der Waals surface area contributed by atoms with Crippen LogP contribution in [0.25, 0.3) is 0 Å². The van der Waals surface area contributed by atoms with E-state index in [0.717, 1.165) is 12.8 Å². The number of carbonyl (C=O) groups excluding carboxylic acids is 2. The molecule has 1 aliphatic heterocycles. The molecule has 120 valence electrons. The van der Waals surface area contributed by atoms with E-state index in [1.54, 1.807) is 13.0 Å². The summed E-state index contributed by atoms with van der Waals surface area (Å²) in [7, 11) is 1.49. The predicted octanol–water partition coefficient (Wildman–Crippen LogP) is 2.00. The highest BCUT2D eigenvalue weighted by Gasteiger charge is 2.21. The van der Waals surface area contributed by atoms with Crippen molar-refractivity contribution in [3.05, 3.63) is 23.8 Å². The van der Waals surface area contributed by atoms with Crippen LogP contribution in [0.1, 0.15) is 30.1 Å². The molecule has 1 fully saturated rings. The third kappa shape index (κ3) is 3.98. The molecule has 2 rings (SSSR count). The van der Waals surface area contributed by atoms with Crippen LogP contribution in [0.3, 0.4) is 0 Å². The number of hydrogen-bond acceptors (Lipinski definition) is 6. The lowest BCUT2D eigenvalue weighted by Crippen LogP contribution is -2.26. The average Bonchev–Trinajstić information content (AvgIpc) is 2.55. The van der Waals surface area contributed by atoms with Crippen LogP contribution in [0.15, 0.2) is 18.2 Å². The molecule has 0 aliphatic carbocycles. The quantitative estimate of drug-likeness (QED) is 0.455. The summed E-state index contributed by atoms with van der Waals surface area (Å²) < 4.78 is 21.1. The van der Waals surface area contributed by atoms with E-state index in [1.165, 1.54) is 19.2 Å². The van der Waals surface area contributed by atoms with E-state index in [4.69, 9.17) is 18.9 Å². The molecule has 1 saturated heterocycles. The van der Waals surface area contributed by atoms with Crippen molar-refractivity contribution in [3.63, 3.8) is 0 Å². The Morgan fingerprint density at radius 2 is 1.95 bits per heavy atom. The van der Waals surface area contributed by atoms with Crippen molar-refractivity contribution < 1.29 is 28.5 Å². The lowest BCUT2D eigenvalue weighted by Gasteiger charge is -2.24. The van der Waals surface area contributed by atoms with Crippen LogP contribution < -0.4 is 9.47 Å². The smallest absolute Gasteiger partial charge is 0.379 e. The fourth-order valence-corrected chi connectivity index (χ4v) is 2.19. The number of ether oxygens (including phenoxy) is 4. The molecule has 0 aromatic heterocycles. The molecule has 1 aliphatic rings. The van der Waals surface area contributed by atoms with E-state index in [1.807, 2.05) is 0 Å². The molecule has 1 aromatic rings. The molecule has 0 atom stereocenters. The van der Waals surface area contributed by atoms with Crippen LogP contribution in [0, 0.1) is 0 Å². The van der Waals surface area contributed by atoms with Gasteiger partial charge >= 0.3 is 5.97 Å². The minimum Gasteiger partial charge on any atom is -0.493 e. The van der Waals surface area contributed by atoms with Gasteiger partial charge in [-0.15, -0.1) is 0 Å². The maximum Gasteiger partial charge on any atom is 0.379 e. The molecule has 6 nitrogen and oxygen atoms in total. The summed E-state index contributed by atoms with van der Waals surface area (Å²) in [6.07, 6.45) is 1.69. The predicted molar refractivity (Wildman–Crippen MR) is 78.4 cm³/mol. The van der Waals surface area contributed by atoms with Gasteiger partial charge in [0.25, 0.3) is 5.78 Å². The monoisotopic (exact) mass is 308 g/mol. The molecule has 1 aromatic carbocycles. The minimum atomic E-state index is -0.873. The maximum atomic E-state index is 11.9. The van der Waals surface area contributed by atoms with Crippen LogP contribution >= 0.6 is 0 Å². The van der Waals surface area contributed by atoms with Crippen molar-refractivity contribution in [2.45, 2.75) is 25.9 Å². The third-order valence-corrected chi connectivity index (χ3v) is 3.35. The third-order valence-electron chi connectivity index (χ3n) is 3.35. The summed E-state index contributed by atoms with van der Waals surface area (Å²) in [5, 5.41) is 0. The van der Waals surface area contributed by atoms with E-state index >= 15 is 0 Å². The molecule has 1 heterocycles. The van der Waals surface area contributed by atoms with Gasteiger partial charge in [0, 0.05) is 18.4 Å². The molecule has 0 amide bonds. The Balaban J connectivity index is 2.13. The highest BCUT2D eigenvalue weighted by molar-refractivity contribution is 6.40. The minimum absolute atomic E-state index is 0.0641. The summed E-state index contributed by atoms with van der Waals surface area (Å²) in [6.45, 7) is 3.15. The van der Waals surface area contributed by atoms with Gasteiger partial charge in [-0.3, -0.25) is 4.79 Å². The zero-order valence-corrected chi connectivity index (χ0v) is 12.8. The number of hydrogen-bond donors (Lipinski definition) is 0. The molecule has 0 N–H and O–H groups in total. The number of methoxy groups -OCH3 is 1. The van der Waals surface area contributed by atoms with Crippen LogP contribution in [0.5, 0.6) is 11.5 Å². The number of rotatable bonds is 6. The first-order valence-corrected chi connectivity index (χ1v) is 7.29. The molecule has 0 unspecified atom stereocenters. The lowest BCUT2D eigenvalue weighted by atomic mass is 10.1. The molecule has 0 radical (unpaired) electrons. The Bertz CT molecular complexity index is 533. The van der Waals surface area contributed by atoms with Crippen LogP contribution in [-0.2, 0) is 14.3 Å². The van der Waals surface area contributed by atoms with Gasteiger partial charge < -0.3 is 18.9 Å². The first-order chi connectivity index (χ1) is 10.7. The Kier molecular flexibility index (Phi) is 5.77. The van der Waals surface area contributed by atoms with E-state index in [-0.39, 0.29) is 18.3 Å². The number of benzene rings is 1. The molecule has 6 heteroatoms. The highest BCUT2D eigenvalue weighted by atomic mass is 16.5. The standard InChI is InChI=1S/C16H20O6/c1-3-21-16(18)15(17)11-4-5-13(14(10-11)19-2)22-12-6-8-20-9-7-12/h4-5,10,12H,3,6-9H2,1-2H3. The number of carbonyl (C=O) groups is 2. The van der Waals surface area contributed by atoms with Crippen molar-refractivity contribution in [1.82, 2.24) is 0 Å². The Morgan fingerprint density at radius 1 is 1.23 bits per heavy atom. The molecule has 0 saturated carbocycles. The van der Waals surface area contributed by atoms with Gasteiger partial charge in [0.05, 0.1) is 26.9 Å². The summed E-state index contributed by atoms with van der Waals surface area (Å²) in [5.41, 5.74) is 0.217. The topological polar surface area (TPSA) is 71.1 Å². The largest absolute Gasteiger partial charge is 0.493 e. The SMILES string of the molecule is CCOC(=O)C(=O)c1ccc(OC2CCOCC2)c(OC)c1. The van der Waals surface area contributed by atoms with E-state index < -0.39 is 11.8 Å². The maximum absolute atomic E-state index is 11.9. The lowest BCUT2D eigenvalue weighted by molar-refractivity contribution is -0.137. The van der Waals surface area contributed by atoms with Crippen molar-refractivity contribution in [2.24, 2.45) is 0 Å². The number of ketones is 1. The van der Waals surface area contributed by atoms with E-state index in [0.29, 0.717) is 24.7 Å². The van der Waals surface area contributed by atoms with Crippen LogP contribution in [0.4, 0.5) is 0 Å². The molecule has 22 heavy (non-hydrogen) atoms. The van der Waals surface area contributed by atoms with Crippen molar-refractivity contribution in [3.8, 4) is 11.5 Å². The molecular weight excluding hydrogens is 288 g/mol. The first-order valence-electron chi connectivity index (χ1n) is 7.29. The highest BCUT2D eigenvalue weighted by Crippen LogP contribution is 2.30. The normalized spacial score (nSPS) is 15.2. The Hall–Kier alpha value is -2.08. The van der Waals surface area contributed by atoms with Crippen molar-refractivity contribution in [1.29, 1.82) is 0 Å². The van der Waals surface area contributed by atoms with E-state index in [2.05, 4.69) is 0 Å². The average molecular weight is 308 g/mol. The zero-order valence-electron chi connectivity index (χ0n) is 12.8. The van der Waals surface area contributed by atoms with Gasteiger partial charge in [-0.05, 0) is 25.1 Å². The molecular formula is C16H20O6.